The Bertz CT molecular complexity index is 531. The summed E-state index contributed by atoms with van der Waals surface area (Å²) >= 11 is 0. The maximum Gasteiger partial charge on any atom is 0.277 e. The van der Waals surface area contributed by atoms with Gasteiger partial charge in [0.15, 0.2) is 5.43 Å². The first-order valence-corrected chi connectivity index (χ1v) is 3.46. The lowest BCUT2D eigenvalue weighted by molar-refractivity contribution is 0.774. The molecule has 2 heterocycles. The van der Waals surface area contributed by atoms with Crippen LogP contribution >= 0.6 is 0 Å². The van der Waals surface area contributed by atoms with Gasteiger partial charge >= 0.3 is 0 Å². The molecule has 0 aliphatic carbocycles. The highest BCUT2D eigenvalue weighted by atomic mass is 16.1. The zero-order chi connectivity index (χ0) is 8.72. The Hall–Kier alpha value is -1.78. The van der Waals surface area contributed by atoms with Gasteiger partial charge in [-0.3, -0.25) is 19.4 Å². The van der Waals surface area contributed by atoms with E-state index in [2.05, 4.69) is 10.1 Å². The van der Waals surface area contributed by atoms with E-state index < -0.39 is 0 Å². The van der Waals surface area contributed by atoms with Crippen LogP contribution < -0.4 is 11.0 Å². The molecule has 2 rings (SSSR count). The molecular weight excluding hydrogens is 158 g/mol. The van der Waals surface area contributed by atoms with Gasteiger partial charge in [-0.15, -0.1) is 0 Å². The first kappa shape index (κ1) is 6.90. The molecule has 2 aromatic heterocycles. The minimum atomic E-state index is -0.352. The summed E-state index contributed by atoms with van der Waals surface area (Å²) in [5.74, 6) is 0. The van der Waals surface area contributed by atoms with E-state index in [-0.39, 0.29) is 16.4 Å². The maximum atomic E-state index is 11.2. The fourth-order valence-corrected chi connectivity index (χ4v) is 1.22. The van der Waals surface area contributed by atoms with Crippen molar-refractivity contribution in [1.29, 1.82) is 0 Å². The molecule has 0 saturated carbocycles. The third kappa shape index (κ3) is 0.730. The molecule has 0 spiro atoms. The summed E-state index contributed by atoms with van der Waals surface area (Å²) < 4.78 is 1.49. The van der Waals surface area contributed by atoms with Crippen molar-refractivity contribution in [2.45, 2.75) is 0 Å². The van der Waals surface area contributed by atoms with Crippen molar-refractivity contribution in [3.63, 3.8) is 0 Å². The van der Waals surface area contributed by atoms with Crippen LogP contribution in [0.15, 0.2) is 21.9 Å². The molecule has 0 saturated heterocycles. The number of hydrogen-bond acceptors (Lipinski definition) is 2. The second-order valence-electron chi connectivity index (χ2n) is 2.57. The van der Waals surface area contributed by atoms with Crippen LogP contribution in [0, 0.1) is 0 Å². The number of nitrogens with one attached hydrogen (secondary N) is 2. The number of fused-ring (bicyclic) bond motifs is 1. The Labute approximate surface area is 66.6 Å². The molecule has 0 bridgehead atoms. The van der Waals surface area contributed by atoms with Gasteiger partial charge in [-0.1, -0.05) is 0 Å². The van der Waals surface area contributed by atoms with Gasteiger partial charge in [0.1, 0.15) is 11.0 Å². The molecule has 0 aromatic carbocycles. The van der Waals surface area contributed by atoms with Crippen LogP contribution in [-0.2, 0) is 7.05 Å². The Morgan fingerprint density at radius 1 is 1.42 bits per heavy atom. The largest absolute Gasteiger partial charge is 0.346 e. The zero-order valence-electron chi connectivity index (χ0n) is 6.42. The van der Waals surface area contributed by atoms with E-state index in [0.29, 0.717) is 5.65 Å². The fourth-order valence-electron chi connectivity index (χ4n) is 1.22. The maximum absolute atomic E-state index is 11.2. The van der Waals surface area contributed by atoms with Gasteiger partial charge in [-0.25, -0.2) is 0 Å². The minimum absolute atomic E-state index is 0.181. The molecule has 0 aliphatic rings. The van der Waals surface area contributed by atoms with Crippen LogP contribution in [0.5, 0.6) is 0 Å². The lowest BCUT2D eigenvalue weighted by Crippen LogP contribution is -2.09. The summed E-state index contributed by atoms with van der Waals surface area (Å²) in [4.78, 5) is 25.1. The number of hydrogen-bond donors (Lipinski definition) is 2. The summed E-state index contributed by atoms with van der Waals surface area (Å²) in [5, 5.41) is 2.67. The lowest BCUT2D eigenvalue weighted by Gasteiger charge is -1.91. The van der Waals surface area contributed by atoms with Crippen LogP contribution in [0.4, 0.5) is 0 Å². The number of nitrogens with zero attached hydrogens (tertiary/aromatic N) is 1. The average molecular weight is 165 g/mol. The molecule has 5 heteroatoms. The predicted molar refractivity (Wildman–Crippen MR) is 44.2 cm³/mol. The van der Waals surface area contributed by atoms with E-state index >= 15 is 0 Å². The quantitative estimate of drug-likeness (QED) is 0.555. The number of H-pyrrole nitrogens is 2. The Balaban J connectivity index is 3.20. The van der Waals surface area contributed by atoms with Crippen molar-refractivity contribution in [1.82, 2.24) is 14.8 Å². The SMILES string of the molecule is Cn1[nH]c(=O)c2c(=O)cc[nH]c21. The van der Waals surface area contributed by atoms with Crippen molar-refractivity contribution < 1.29 is 0 Å². The van der Waals surface area contributed by atoms with Crippen molar-refractivity contribution >= 4 is 11.0 Å². The molecule has 0 radical (unpaired) electrons. The third-order valence-electron chi connectivity index (χ3n) is 1.77. The number of rotatable bonds is 0. The summed E-state index contributed by atoms with van der Waals surface area (Å²) in [5.41, 5.74) is -0.0903. The van der Waals surface area contributed by atoms with Gasteiger partial charge in [0.2, 0.25) is 0 Å². The summed E-state index contributed by atoms with van der Waals surface area (Å²) in [7, 11) is 1.67. The van der Waals surface area contributed by atoms with Gasteiger partial charge in [-0.05, 0) is 0 Å². The smallest absolute Gasteiger partial charge is 0.277 e. The topological polar surface area (TPSA) is 70.7 Å². The Morgan fingerprint density at radius 2 is 2.17 bits per heavy atom. The van der Waals surface area contributed by atoms with Gasteiger partial charge in [0.05, 0.1) is 0 Å². The molecule has 2 aromatic rings. The van der Waals surface area contributed by atoms with E-state index in [1.165, 1.54) is 16.9 Å². The highest BCUT2D eigenvalue weighted by Gasteiger charge is 2.05. The lowest BCUT2D eigenvalue weighted by atomic mass is 10.3. The molecule has 0 fully saturated rings. The van der Waals surface area contributed by atoms with E-state index in [1.54, 1.807) is 7.05 Å². The summed E-state index contributed by atoms with van der Waals surface area (Å²) in [6.45, 7) is 0. The highest BCUT2D eigenvalue weighted by Crippen LogP contribution is 1.96. The highest BCUT2D eigenvalue weighted by molar-refractivity contribution is 5.73. The zero-order valence-corrected chi connectivity index (χ0v) is 6.42. The van der Waals surface area contributed by atoms with Crippen LogP contribution in [-0.4, -0.2) is 14.8 Å². The predicted octanol–water partition coefficient (Wildman–Crippen LogP) is -0.445. The standard InChI is InChI=1S/C7H7N3O2/c1-10-6-5(7(12)9-10)4(11)2-3-8-6/h2-3H,1H3,(H,8,11)(H,9,12). The first-order chi connectivity index (χ1) is 5.70. The monoisotopic (exact) mass is 165 g/mol. The van der Waals surface area contributed by atoms with Gasteiger partial charge in [-0.2, -0.15) is 0 Å². The number of aromatic amines is 2. The van der Waals surface area contributed by atoms with Gasteiger partial charge in [0, 0.05) is 19.3 Å². The molecule has 12 heavy (non-hydrogen) atoms. The van der Waals surface area contributed by atoms with Crippen LogP contribution in [0.25, 0.3) is 11.0 Å². The molecule has 62 valence electrons. The van der Waals surface area contributed by atoms with Crippen LogP contribution in [0.1, 0.15) is 0 Å². The summed E-state index contributed by atoms with van der Waals surface area (Å²) in [6.07, 6.45) is 1.51. The fraction of sp³-hybridized carbons (Fsp3) is 0.143. The van der Waals surface area contributed by atoms with E-state index in [0.717, 1.165) is 0 Å². The average Bonchev–Trinajstić information content (AvgIpc) is 2.29. The Morgan fingerprint density at radius 3 is 2.83 bits per heavy atom. The van der Waals surface area contributed by atoms with E-state index in [9.17, 15) is 9.59 Å². The van der Waals surface area contributed by atoms with Crippen LogP contribution in [0.3, 0.4) is 0 Å². The minimum Gasteiger partial charge on any atom is -0.346 e. The molecule has 5 nitrogen and oxygen atoms in total. The molecule has 0 atom stereocenters. The van der Waals surface area contributed by atoms with Crippen molar-refractivity contribution in [3.05, 3.63) is 32.8 Å². The Kier molecular flexibility index (Phi) is 1.21. The van der Waals surface area contributed by atoms with Gasteiger partial charge in [0.25, 0.3) is 5.56 Å². The molecular formula is C7H7N3O2. The molecule has 0 amide bonds. The van der Waals surface area contributed by atoms with E-state index in [1.807, 2.05) is 0 Å². The molecule has 0 aliphatic heterocycles. The second kappa shape index (κ2) is 2.10. The van der Waals surface area contributed by atoms with Crippen LogP contribution in [0.2, 0.25) is 0 Å². The second-order valence-corrected chi connectivity index (χ2v) is 2.57. The first-order valence-electron chi connectivity index (χ1n) is 3.46. The number of pyridine rings is 1. The third-order valence-corrected chi connectivity index (χ3v) is 1.77. The summed E-state index contributed by atoms with van der Waals surface area (Å²) in [6, 6.07) is 1.33. The van der Waals surface area contributed by atoms with E-state index in [4.69, 9.17) is 0 Å². The normalized spacial score (nSPS) is 10.8. The molecule has 2 N–H and O–H groups in total. The number of aromatic nitrogens is 3. The van der Waals surface area contributed by atoms with Crippen molar-refractivity contribution in [2.75, 3.05) is 0 Å². The van der Waals surface area contributed by atoms with Gasteiger partial charge < -0.3 is 4.98 Å². The van der Waals surface area contributed by atoms with Crippen molar-refractivity contribution in [3.8, 4) is 0 Å². The molecule has 0 unspecified atom stereocenters. The number of aryl methyl sites for hydroxylation is 1. The van der Waals surface area contributed by atoms with Crippen molar-refractivity contribution in [2.24, 2.45) is 7.05 Å².